The van der Waals surface area contributed by atoms with Gasteiger partial charge in [-0.25, -0.2) is 9.79 Å². The first-order valence-electron chi connectivity index (χ1n) is 12.7. The maximum absolute atomic E-state index is 13.6. The van der Waals surface area contributed by atoms with Crippen LogP contribution in [0.5, 0.6) is 11.5 Å². The molecular formula is C27H29F6N3O5. The summed E-state index contributed by atoms with van der Waals surface area (Å²) in [5, 5.41) is 0. The summed E-state index contributed by atoms with van der Waals surface area (Å²) in [6, 6.07) is 3.53. The molecule has 14 heteroatoms. The van der Waals surface area contributed by atoms with Gasteiger partial charge in [0, 0.05) is 24.2 Å². The molecule has 1 amide bonds. The molecule has 0 saturated carbocycles. The van der Waals surface area contributed by atoms with Crippen molar-refractivity contribution in [1.82, 2.24) is 4.90 Å². The number of anilines is 1. The number of carbonyl (C=O) groups is 1. The molecule has 224 valence electrons. The van der Waals surface area contributed by atoms with Crippen LogP contribution in [0, 0.1) is 0 Å². The molecule has 2 aromatic rings. The number of benzene rings is 2. The van der Waals surface area contributed by atoms with Gasteiger partial charge in [-0.15, -0.1) is 0 Å². The van der Waals surface area contributed by atoms with Gasteiger partial charge in [0.15, 0.2) is 11.5 Å². The number of aliphatic imine (C=N–C) groups is 1. The quantitative estimate of drug-likeness (QED) is 0.362. The molecule has 2 aromatic carbocycles. The van der Waals surface area contributed by atoms with E-state index < -0.39 is 48.2 Å². The topological polar surface area (TPSA) is 72.8 Å². The number of halogens is 6. The maximum Gasteiger partial charge on any atom is 0.416 e. The number of fused-ring (bicyclic) bond motifs is 1. The van der Waals surface area contributed by atoms with Crippen LogP contribution < -0.4 is 14.4 Å². The fraction of sp³-hybridized carbons (Fsp3) is 0.481. The van der Waals surface area contributed by atoms with Crippen LogP contribution >= 0.6 is 0 Å². The third-order valence-corrected chi connectivity index (χ3v) is 6.81. The molecule has 0 saturated heterocycles. The predicted molar refractivity (Wildman–Crippen MR) is 136 cm³/mol. The van der Waals surface area contributed by atoms with Crippen molar-refractivity contribution in [1.29, 1.82) is 0 Å². The maximum atomic E-state index is 13.6. The highest BCUT2D eigenvalue weighted by molar-refractivity contribution is 5.91. The van der Waals surface area contributed by atoms with E-state index in [9.17, 15) is 31.1 Å². The number of methoxy groups -OCH3 is 2. The molecule has 0 radical (unpaired) electrons. The number of nitrogens with zero attached hydrogens (tertiary/aromatic N) is 3. The number of carbonyl (C=O) groups excluding carboxylic acids is 1. The van der Waals surface area contributed by atoms with E-state index in [0.717, 1.165) is 0 Å². The van der Waals surface area contributed by atoms with Crippen molar-refractivity contribution < 1.29 is 50.1 Å². The van der Waals surface area contributed by atoms with Crippen molar-refractivity contribution in [3.63, 3.8) is 0 Å². The summed E-state index contributed by atoms with van der Waals surface area (Å²) in [5.74, 6) is 0.615. The van der Waals surface area contributed by atoms with E-state index in [1.165, 1.54) is 24.0 Å². The van der Waals surface area contributed by atoms with Crippen molar-refractivity contribution in [2.75, 3.05) is 38.9 Å². The number of rotatable bonds is 6. The Labute approximate surface area is 232 Å². The van der Waals surface area contributed by atoms with Crippen molar-refractivity contribution >= 4 is 17.8 Å². The third-order valence-electron chi connectivity index (χ3n) is 6.81. The summed E-state index contributed by atoms with van der Waals surface area (Å²) in [6.07, 6.45) is -10.4. The monoisotopic (exact) mass is 589 g/mol. The number of amidine groups is 1. The molecule has 0 bridgehead atoms. The van der Waals surface area contributed by atoms with Gasteiger partial charge in [0.05, 0.1) is 50.2 Å². The summed E-state index contributed by atoms with van der Waals surface area (Å²) in [7, 11) is 2.83. The Morgan fingerprint density at radius 3 is 2.15 bits per heavy atom. The highest BCUT2D eigenvalue weighted by Crippen LogP contribution is 2.47. The zero-order valence-electron chi connectivity index (χ0n) is 22.7. The Hall–Kier alpha value is -3.84. The van der Waals surface area contributed by atoms with Crippen LogP contribution in [0.25, 0.3) is 0 Å². The molecule has 0 aliphatic carbocycles. The second kappa shape index (κ2) is 11.6. The molecule has 2 aliphatic rings. The lowest BCUT2D eigenvalue weighted by Gasteiger charge is -2.43. The summed E-state index contributed by atoms with van der Waals surface area (Å²) in [4.78, 5) is 20.2. The minimum absolute atomic E-state index is 0.0680. The second-order valence-electron chi connectivity index (χ2n) is 9.49. The molecule has 2 atom stereocenters. The lowest BCUT2D eigenvalue weighted by molar-refractivity contribution is -0.143. The first kappa shape index (κ1) is 30.1. The summed E-state index contributed by atoms with van der Waals surface area (Å²) in [6.45, 7) is 3.59. The predicted octanol–water partition coefficient (Wildman–Crippen LogP) is 6.43. The Morgan fingerprint density at radius 2 is 1.63 bits per heavy atom. The minimum Gasteiger partial charge on any atom is -0.493 e. The fourth-order valence-corrected chi connectivity index (χ4v) is 5.03. The number of ether oxygens (including phenoxy) is 4. The van der Waals surface area contributed by atoms with Crippen LogP contribution in [0.15, 0.2) is 35.3 Å². The van der Waals surface area contributed by atoms with Gasteiger partial charge in [0.2, 0.25) is 0 Å². The van der Waals surface area contributed by atoms with Gasteiger partial charge in [-0.2, -0.15) is 26.3 Å². The molecule has 2 aliphatic heterocycles. The van der Waals surface area contributed by atoms with Crippen LogP contribution in [-0.2, 0) is 28.4 Å². The number of amides is 1. The van der Waals surface area contributed by atoms with Crippen molar-refractivity contribution in [2.24, 2.45) is 4.99 Å². The minimum atomic E-state index is -5.00. The summed E-state index contributed by atoms with van der Waals surface area (Å²) < 4.78 is 103. The van der Waals surface area contributed by atoms with Crippen molar-refractivity contribution in [3.05, 3.63) is 52.6 Å². The molecular weight excluding hydrogens is 560 g/mol. The van der Waals surface area contributed by atoms with Gasteiger partial charge in [-0.05, 0) is 50.1 Å². The van der Waals surface area contributed by atoms with E-state index in [1.807, 2.05) is 0 Å². The van der Waals surface area contributed by atoms with E-state index in [1.54, 1.807) is 26.0 Å². The molecule has 0 fully saturated rings. The average molecular weight is 590 g/mol. The zero-order valence-corrected chi connectivity index (χ0v) is 22.7. The van der Waals surface area contributed by atoms with Gasteiger partial charge >= 0.3 is 18.4 Å². The molecule has 0 spiro atoms. The van der Waals surface area contributed by atoms with Crippen LogP contribution in [-0.4, -0.2) is 57.0 Å². The standard InChI is InChI=1S/C27H29F6N3O5/c1-5-40-25(37)36-15(2)8-20(19-12-22(38-3)23(39-4)13-21(19)36)35(24-34-6-7-41-24)14-16-9-17(26(28,29)30)11-18(10-16)27(31,32)33/h9-13,15,20H,5-8,14H2,1-4H3/t15-,20+/m0/s1. The molecule has 0 unspecified atom stereocenters. The van der Waals surface area contributed by atoms with Gasteiger partial charge in [-0.1, -0.05) is 0 Å². The Kier molecular flexibility index (Phi) is 8.50. The van der Waals surface area contributed by atoms with Crippen molar-refractivity contribution in [2.45, 2.75) is 51.2 Å². The lowest BCUT2D eigenvalue weighted by atomic mass is 9.90. The smallest absolute Gasteiger partial charge is 0.416 e. The number of hydrogen-bond acceptors (Lipinski definition) is 7. The highest BCUT2D eigenvalue weighted by atomic mass is 19.4. The lowest BCUT2D eigenvalue weighted by Crippen LogP contribution is -2.47. The van der Waals surface area contributed by atoms with E-state index >= 15 is 0 Å². The largest absolute Gasteiger partial charge is 0.493 e. The first-order chi connectivity index (χ1) is 19.3. The molecule has 0 aromatic heterocycles. The van der Waals surface area contributed by atoms with E-state index in [2.05, 4.69) is 4.99 Å². The number of hydrogen-bond donors (Lipinski definition) is 0. The fourth-order valence-electron chi connectivity index (χ4n) is 5.03. The zero-order chi connectivity index (χ0) is 30.1. The Morgan fingerprint density at radius 1 is 1.02 bits per heavy atom. The SMILES string of the molecule is CCOC(=O)N1c2cc(OC)c(OC)cc2[C@H](N(Cc2cc(C(F)(F)F)cc(C(F)(F)F)c2)C2=NCCO2)C[C@@H]1C. The van der Waals surface area contributed by atoms with Crippen molar-refractivity contribution in [3.8, 4) is 11.5 Å². The van der Waals surface area contributed by atoms with Crippen LogP contribution in [0.4, 0.5) is 36.8 Å². The van der Waals surface area contributed by atoms with E-state index in [0.29, 0.717) is 34.9 Å². The molecule has 4 rings (SSSR count). The van der Waals surface area contributed by atoms with Gasteiger partial charge in [0.1, 0.15) is 6.61 Å². The Bertz CT molecular complexity index is 1280. The normalized spacial score (nSPS) is 18.8. The first-order valence-corrected chi connectivity index (χ1v) is 12.7. The molecule has 8 nitrogen and oxygen atoms in total. The average Bonchev–Trinajstić information content (AvgIpc) is 3.44. The van der Waals surface area contributed by atoms with Crippen LogP contribution in [0.3, 0.4) is 0 Å². The third kappa shape index (κ3) is 6.25. The van der Waals surface area contributed by atoms with Crippen LogP contribution in [0.2, 0.25) is 0 Å². The van der Waals surface area contributed by atoms with Gasteiger partial charge in [-0.3, -0.25) is 4.90 Å². The second-order valence-corrected chi connectivity index (χ2v) is 9.49. The molecule has 0 N–H and O–H groups in total. The molecule has 2 heterocycles. The number of alkyl halides is 6. The van der Waals surface area contributed by atoms with Crippen LogP contribution in [0.1, 0.15) is 48.6 Å². The highest BCUT2D eigenvalue weighted by Gasteiger charge is 2.41. The molecule has 41 heavy (non-hydrogen) atoms. The van der Waals surface area contributed by atoms with Gasteiger partial charge in [0.25, 0.3) is 6.02 Å². The Balaban J connectivity index is 1.87. The van der Waals surface area contributed by atoms with Gasteiger partial charge < -0.3 is 23.8 Å². The van der Waals surface area contributed by atoms with E-state index in [-0.39, 0.29) is 43.8 Å². The summed E-state index contributed by atoms with van der Waals surface area (Å²) in [5.41, 5.74) is -2.21. The summed E-state index contributed by atoms with van der Waals surface area (Å²) >= 11 is 0. The van der Waals surface area contributed by atoms with E-state index in [4.69, 9.17) is 18.9 Å².